The van der Waals surface area contributed by atoms with Crippen LogP contribution in [0.25, 0.3) is 10.9 Å². The number of piperidine rings is 2. The number of rotatable bonds is 4. The number of fused-ring (bicyclic) bond motifs is 1. The van der Waals surface area contributed by atoms with E-state index in [1.807, 2.05) is 25.0 Å². The summed E-state index contributed by atoms with van der Waals surface area (Å²) >= 11 is 0. The molecular formula is C24H28N8. The summed E-state index contributed by atoms with van der Waals surface area (Å²) in [6.45, 7) is 3.91. The zero-order valence-corrected chi connectivity index (χ0v) is 18.2. The molecule has 0 bridgehead atoms. The number of aromatic nitrogens is 6. The molecule has 1 aromatic carbocycles. The molecular weight excluding hydrogens is 400 g/mol. The van der Waals surface area contributed by atoms with Gasteiger partial charge in [-0.2, -0.15) is 4.98 Å². The Hall–Kier alpha value is -3.42. The van der Waals surface area contributed by atoms with Crippen LogP contribution in [0.5, 0.6) is 0 Å². The quantitative estimate of drug-likeness (QED) is 0.494. The second-order valence-electron chi connectivity index (χ2n) is 8.82. The molecule has 0 amide bonds. The highest BCUT2D eigenvalue weighted by molar-refractivity contribution is 5.90. The van der Waals surface area contributed by atoms with Gasteiger partial charge in [-0.05, 0) is 37.8 Å². The first-order valence-electron chi connectivity index (χ1n) is 11.6. The SMILES string of the molecule is c1ccc2c(N3CCC(n4ccnc4)CC3)nc(N3CCC(n4ccnc4)CC3)nc2c1. The molecule has 0 N–H and O–H groups in total. The van der Waals surface area contributed by atoms with Gasteiger partial charge in [-0.1, -0.05) is 12.1 Å². The predicted octanol–water partition coefficient (Wildman–Crippen LogP) is 3.71. The fourth-order valence-electron chi connectivity index (χ4n) is 5.14. The van der Waals surface area contributed by atoms with Crippen LogP contribution in [0.2, 0.25) is 0 Å². The van der Waals surface area contributed by atoms with Crippen molar-refractivity contribution in [3.63, 3.8) is 0 Å². The summed E-state index contributed by atoms with van der Waals surface area (Å²) in [6, 6.07) is 9.45. The van der Waals surface area contributed by atoms with Crippen LogP contribution in [-0.2, 0) is 0 Å². The molecule has 5 heterocycles. The maximum Gasteiger partial charge on any atom is 0.227 e. The molecule has 2 fully saturated rings. The maximum absolute atomic E-state index is 5.13. The monoisotopic (exact) mass is 428 g/mol. The average Bonchev–Trinajstić information content (AvgIpc) is 3.59. The van der Waals surface area contributed by atoms with Crippen LogP contribution in [-0.4, -0.2) is 55.2 Å². The van der Waals surface area contributed by atoms with Crippen molar-refractivity contribution >= 4 is 22.7 Å². The molecule has 0 atom stereocenters. The van der Waals surface area contributed by atoms with Crippen LogP contribution >= 0.6 is 0 Å². The molecule has 0 spiro atoms. The van der Waals surface area contributed by atoms with Crippen molar-refractivity contribution < 1.29 is 0 Å². The normalized spacial score (nSPS) is 18.5. The molecule has 0 saturated carbocycles. The Kier molecular flexibility index (Phi) is 4.97. The Bertz CT molecular complexity index is 1150. The fourth-order valence-corrected chi connectivity index (χ4v) is 5.14. The minimum Gasteiger partial charge on any atom is -0.356 e. The third-order valence-electron chi connectivity index (χ3n) is 6.98. The van der Waals surface area contributed by atoms with Gasteiger partial charge in [0.25, 0.3) is 0 Å². The van der Waals surface area contributed by atoms with E-state index in [9.17, 15) is 0 Å². The Balaban J connectivity index is 1.24. The van der Waals surface area contributed by atoms with Crippen LogP contribution in [0, 0.1) is 0 Å². The smallest absolute Gasteiger partial charge is 0.227 e. The third kappa shape index (κ3) is 3.59. The Labute approximate surface area is 187 Å². The first-order chi connectivity index (χ1) is 15.8. The fraction of sp³-hybridized carbons (Fsp3) is 0.417. The van der Waals surface area contributed by atoms with E-state index < -0.39 is 0 Å². The number of anilines is 2. The van der Waals surface area contributed by atoms with Gasteiger partial charge in [0.2, 0.25) is 5.95 Å². The van der Waals surface area contributed by atoms with Crippen LogP contribution in [0.4, 0.5) is 11.8 Å². The van der Waals surface area contributed by atoms with E-state index in [2.05, 4.69) is 65.6 Å². The molecule has 0 aliphatic carbocycles. The van der Waals surface area contributed by atoms with Crippen molar-refractivity contribution in [2.24, 2.45) is 0 Å². The first kappa shape index (κ1) is 19.3. The van der Waals surface area contributed by atoms with Crippen LogP contribution < -0.4 is 9.80 Å². The number of benzene rings is 1. The van der Waals surface area contributed by atoms with Gasteiger partial charge < -0.3 is 18.9 Å². The van der Waals surface area contributed by atoms with Crippen molar-refractivity contribution in [2.45, 2.75) is 37.8 Å². The van der Waals surface area contributed by atoms with E-state index in [0.29, 0.717) is 12.1 Å². The summed E-state index contributed by atoms with van der Waals surface area (Å²) in [6.07, 6.45) is 16.1. The maximum atomic E-state index is 5.13. The minimum atomic E-state index is 0.510. The van der Waals surface area contributed by atoms with Gasteiger partial charge in [-0.15, -0.1) is 0 Å². The van der Waals surface area contributed by atoms with Gasteiger partial charge in [0.05, 0.1) is 18.2 Å². The number of hydrogen-bond acceptors (Lipinski definition) is 6. The summed E-state index contributed by atoms with van der Waals surface area (Å²) in [7, 11) is 0. The van der Waals surface area contributed by atoms with E-state index >= 15 is 0 Å². The predicted molar refractivity (Wildman–Crippen MR) is 125 cm³/mol. The highest BCUT2D eigenvalue weighted by Crippen LogP contribution is 2.32. The molecule has 2 aliphatic rings. The van der Waals surface area contributed by atoms with E-state index in [0.717, 1.165) is 74.5 Å². The van der Waals surface area contributed by atoms with E-state index in [-0.39, 0.29) is 0 Å². The minimum absolute atomic E-state index is 0.510. The molecule has 4 aromatic rings. The summed E-state index contributed by atoms with van der Waals surface area (Å²) in [5, 5.41) is 1.14. The molecule has 2 saturated heterocycles. The number of hydrogen-bond donors (Lipinski definition) is 0. The van der Waals surface area contributed by atoms with Crippen LogP contribution in [0.1, 0.15) is 37.8 Å². The van der Waals surface area contributed by atoms with Crippen molar-refractivity contribution in [1.82, 2.24) is 29.1 Å². The highest BCUT2D eigenvalue weighted by atomic mass is 15.3. The molecule has 6 rings (SSSR count). The second kappa shape index (κ2) is 8.26. The summed E-state index contributed by atoms with van der Waals surface area (Å²) in [4.78, 5) is 23.3. The van der Waals surface area contributed by atoms with Crippen molar-refractivity contribution in [2.75, 3.05) is 36.0 Å². The summed E-state index contributed by atoms with van der Waals surface area (Å²) in [5.41, 5.74) is 1.03. The van der Waals surface area contributed by atoms with E-state index in [1.165, 1.54) is 0 Å². The Morgan fingerprint density at radius 1 is 0.688 bits per heavy atom. The van der Waals surface area contributed by atoms with E-state index in [1.54, 1.807) is 0 Å². The molecule has 32 heavy (non-hydrogen) atoms. The van der Waals surface area contributed by atoms with Crippen LogP contribution in [0.3, 0.4) is 0 Å². The number of imidazole rings is 2. The molecule has 8 nitrogen and oxygen atoms in total. The van der Waals surface area contributed by atoms with Gasteiger partial charge >= 0.3 is 0 Å². The van der Waals surface area contributed by atoms with Crippen molar-refractivity contribution in [1.29, 1.82) is 0 Å². The zero-order valence-electron chi connectivity index (χ0n) is 18.2. The second-order valence-corrected chi connectivity index (χ2v) is 8.82. The lowest BCUT2D eigenvalue weighted by molar-refractivity contribution is 0.391. The van der Waals surface area contributed by atoms with Gasteiger partial charge in [0.15, 0.2) is 0 Å². The lowest BCUT2D eigenvalue weighted by Crippen LogP contribution is -2.37. The summed E-state index contributed by atoms with van der Waals surface area (Å²) in [5.74, 6) is 1.94. The standard InChI is InChI=1S/C24H28N8/c1-2-4-22-21(3-1)23(29-11-5-19(6-12-29)31-15-9-25-17-31)28-24(27-22)30-13-7-20(8-14-30)32-16-10-26-18-32/h1-4,9-10,15-20H,5-8,11-14H2. The average molecular weight is 429 g/mol. The molecule has 0 unspecified atom stereocenters. The van der Waals surface area contributed by atoms with Crippen molar-refractivity contribution in [3.05, 3.63) is 61.7 Å². The van der Waals surface area contributed by atoms with E-state index in [4.69, 9.17) is 9.97 Å². The molecule has 8 heteroatoms. The lowest BCUT2D eigenvalue weighted by Gasteiger charge is -2.35. The summed E-state index contributed by atoms with van der Waals surface area (Å²) < 4.78 is 4.47. The van der Waals surface area contributed by atoms with Crippen LogP contribution in [0.15, 0.2) is 61.7 Å². The Morgan fingerprint density at radius 3 is 1.88 bits per heavy atom. The number of nitrogens with zero attached hydrogens (tertiary/aromatic N) is 8. The zero-order chi connectivity index (χ0) is 21.3. The molecule has 2 aliphatic heterocycles. The van der Waals surface area contributed by atoms with Gasteiger partial charge in [-0.25, -0.2) is 15.0 Å². The van der Waals surface area contributed by atoms with Gasteiger partial charge in [0, 0.05) is 68.4 Å². The highest BCUT2D eigenvalue weighted by Gasteiger charge is 2.26. The van der Waals surface area contributed by atoms with Crippen molar-refractivity contribution in [3.8, 4) is 0 Å². The molecule has 0 radical (unpaired) electrons. The van der Waals surface area contributed by atoms with Gasteiger partial charge in [-0.3, -0.25) is 0 Å². The largest absolute Gasteiger partial charge is 0.356 e. The Morgan fingerprint density at radius 2 is 1.28 bits per heavy atom. The topological polar surface area (TPSA) is 67.9 Å². The third-order valence-corrected chi connectivity index (χ3v) is 6.98. The number of para-hydroxylation sites is 1. The van der Waals surface area contributed by atoms with Gasteiger partial charge in [0.1, 0.15) is 5.82 Å². The first-order valence-corrected chi connectivity index (χ1v) is 11.6. The molecule has 3 aromatic heterocycles. The molecule has 164 valence electrons. The lowest BCUT2D eigenvalue weighted by atomic mass is 10.0.